The average Bonchev–Trinajstić information content (AvgIpc) is 3.19. The van der Waals surface area contributed by atoms with Crippen molar-refractivity contribution in [2.75, 3.05) is 26.7 Å². The molecule has 1 aliphatic carbocycles. The van der Waals surface area contributed by atoms with Crippen LogP contribution in [-0.2, 0) is 5.54 Å². The van der Waals surface area contributed by atoms with Crippen LogP contribution in [0, 0.1) is 23.2 Å². The molecule has 3 heteroatoms. The number of hydrogen-bond donors (Lipinski definition) is 1. The molecule has 2 rings (SSSR count). The normalized spacial score (nSPS) is 23.6. The highest BCUT2D eigenvalue weighted by Crippen LogP contribution is 2.38. The highest BCUT2D eigenvalue weighted by atomic mass is 15.2. The molecule has 0 amide bonds. The van der Waals surface area contributed by atoms with Crippen LogP contribution in [0.25, 0.3) is 0 Å². The van der Waals surface area contributed by atoms with Gasteiger partial charge in [-0.1, -0.05) is 44.2 Å². The van der Waals surface area contributed by atoms with E-state index in [0.717, 1.165) is 43.5 Å². The Morgan fingerprint density at radius 3 is 2.57 bits per heavy atom. The van der Waals surface area contributed by atoms with Crippen molar-refractivity contribution in [1.29, 1.82) is 5.26 Å². The number of nitriles is 1. The van der Waals surface area contributed by atoms with Crippen LogP contribution in [-0.4, -0.2) is 31.6 Å². The van der Waals surface area contributed by atoms with E-state index in [-0.39, 0.29) is 0 Å². The zero-order valence-electron chi connectivity index (χ0n) is 13.5. The van der Waals surface area contributed by atoms with Crippen molar-refractivity contribution in [2.24, 2.45) is 11.8 Å². The summed E-state index contributed by atoms with van der Waals surface area (Å²) in [5, 5.41) is 13.3. The first-order valence-corrected chi connectivity index (χ1v) is 8.01. The van der Waals surface area contributed by atoms with Gasteiger partial charge in [-0.25, -0.2) is 0 Å². The summed E-state index contributed by atoms with van der Waals surface area (Å²) < 4.78 is 0. The topological polar surface area (TPSA) is 39.1 Å². The van der Waals surface area contributed by atoms with E-state index >= 15 is 0 Å². The highest BCUT2D eigenvalue weighted by molar-refractivity contribution is 5.32. The molecular weight excluding hydrogens is 258 g/mol. The second-order valence-corrected chi connectivity index (χ2v) is 6.48. The number of nitrogens with one attached hydrogen (secondary N) is 1. The van der Waals surface area contributed by atoms with Crippen LogP contribution in [0.3, 0.4) is 0 Å². The SMILES string of the molecule is CCCNC(C#N)(CN(C)CC1CC1C)c1ccccc1. The molecule has 0 aliphatic heterocycles. The first kappa shape index (κ1) is 16.0. The Balaban J connectivity index is 2.12. The van der Waals surface area contributed by atoms with E-state index in [1.807, 2.05) is 18.2 Å². The Morgan fingerprint density at radius 1 is 1.38 bits per heavy atom. The molecule has 3 unspecified atom stereocenters. The summed E-state index contributed by atoms with van der Waals surface area (Å²) >= 11 is 0. The van der Waals surface area contributed by atoms with Crippen LogP contribution >= 0.6 is 0 Å². The fraction of sp³-hybridized carbons (Fsp3) is 0.611. The third-order valence-corrected chi connectivity index (χ3v) is 4.46. The summed E-state index contributed by atoms with van der Waals surface area (Å²) in [5.74, 6) is 1.66. The molecule has 1 saturated carbocycles. The highest BCUT2D eigenvalue weighted by Gasteiger charge is 2.37. The summed E-state index contributed by atoms with van der Waals surface area (Å²) in [7, 11) is 2.13. The van der Waals surface area contributed by atoms with Crippen molar-refractivity contribution in [1.82, 2.24) is 10.2 Å². The van der Waals surface area contributed by atoms with Crippen molar-refractivity contribution in [3.05, 3.63) is 35.9 Å². The maximum atomic E-state index is 9.87. The lowest BCUT2D eigenvalue weighted by Gasteiger charge is -2.33. The van der Waals surface area contributed by atoms with Gasteiger partial charge < -0.3 is 4.90 Å². The molecule has 0 bridgehead atoms. The maximum absolute atomic E-state index is 9.87. The molecule has 1 aliphatic rings. The minimum Gasteiger partial charge on any atom is -0.303 e. The van der Waals surface area contributed by atoms with Crippen LogP contribution in [0.5, 0.6) is 0 Å². The standard InChI is InChI=1S/C18H27N3/c1-4-10-20-18(13-19,17-8-6-5-7-9-17)14-21(3)12-16-11-15(16)2/h5-9,15-16,20H,4,10-12,14H2,1-3H3. The van der Waals surface area contributed by atoms with Gasteiger partial charge in [-0.15, -0.1) is 0 Å². The van der Waals surface area contributed by atoms with E-state index in [1.165, 1.54) is 6.42 Å². The molecule has 0 aromatic heterocycles. The molecule has 114 valence electrons. The largest absolute Gasteiger partial charge is 0.303 e. The Hall–Kier alpha value is -1.37. The van der Waals surface area contributed by atoms with E-state index in [9.17, 15) is 5.26 Å². The average molecular weight is 285 g/mol. The molecule has 3 atom stereocenters. The number of rotatable bonds is 8. The maximum Gasteiger partial charge on any atom is 0.145 e. The lowest BCUT2D eigenvalue weighted by Crippen LogP contribution is -2.50. The fourth-order valence-electron chi connectivity index (χ4n) is 2.97. The van der Waals surface area contributed by atoms with Gasteiger partial charge in [0, 0.05) is 13.1 Å². The Labute approximate surface area is 129 Å². The predicted molar refractivity (Wildman–Crippen MR) is 86.8 cm³/mol. The zero-order chi connectivity index (χ0) is 15.3. The zero-order valence-corrected chi connectivity index (χ0v) is 13.5. The molecule has 0 saturated heterocycles. The van der Waals surface area contributed by atoms with Crippen LogP contribution in [0.2, 0.25) is 0 Å². The molecule has 3 nitrogen and oxygen atoms in total. The van der Waals surface area contributed by atoms with Crippen LogP contribution in [0.1, 0.15) is 32.3 Å². The van der Waals surface area contributed by atoms with E-state index in [0.29, 0.717) is 0 Å². The van der Waals surface area contributed by atoms with E-state index in [2.05, 4.69) is 49.3 Å². The van der Waals surface area contributed by atoms with Crippen molar-refractivity contribution in [3.8, 4) is 6.07 Å². The van der Waals surface area contributed by atoms with Gasteiger partial charge in [-0.2, -0.15) is 5.26 Å². The second-order valence-electron chi connectivity index (χ2n) is 6.48. The summed E-state index contributed by atoms with van der Waals surface area (Å²) in [6.45, 7) is 7.12. The molecule has 1 aromatic rings. The Kier molecular flexibility index (Phi) is 5.39. The summed E-state index contributed by atoms with van der Waals surface area (Å²) in [5.41, 5.74) is 0.459. The van der Waals surface area contributed by atoms with Gasteiger partial charge in [0.05, 0.1) is 6.07 Å². The van der Waals surface area contributed by atoms with E-state index in [4.69, 9.17) is 0 Å². The van der Waals surface area contributed by atoms with Gasteiger partial charge in [-0.05, 0) is 43.8 Å². The molecular formula is C18H27N3. The molecule has 1 N–H and O–H groups in total. The monoisotopic (exact) mass is 285 g/mol. The third kappa shape index (κ3) is 4.06. The molecule has 0 radical (unpaired) electrons. The Bertz CT molecular complexity index is 479. The predicted octanol–water partition coefficient (Wildman–Crippen LogP) is 2.99. The molecule has 1 aromatic carbocycles. The molecule has 1 fully saturated rings. The van der Waals surface area contributed by atoms with Gasteiger partial charge >= 0.3 is 0 Å². The lowest BCUT2D eigenvalue weighted by molar-refractivity contribution is 0.239. The van der Waals surface area contributed by atoms with Gasteiger partial charge in [0.1, 0.15) is 5.54 Å². The van der Waals surface area contributed by atoms with Crippen LogP contribution in [0.4, 0.5) is 0 Å². The van der Waals surface area contributed by atoms with Gasteiger partial charge in [0.2, 0.25) is 0 Å². The van der Waals surface area contributed by atoms with Gasteiger partial charge in [0.25, 0.3) is 0 Å². The summed E-state index contributed by atoms with van der Waals surface area (Å²) in [6.07, 6.45) is 2.36. The Morgan fingerprint density at radius 2 is 2.05 bits per heavy atom. The third-order valence-electron chi connectivity index (χ3n) is 4.46. The van der Waals surface area contributed by atoms with Gasteiger partial charge in [0.15, 0.2) is 0 Å². The first-order valence-electron chi connectivity index (χ1n) is 8.01. The van der Waals surface area contributed by atoms with Crippen molar-refractivity contribution in [2.45, 2.75) is 32.2 Å². The van der Waals surface area contributed by atoms with E-state index in [1.54, 1.807) is 0 Å². The molecule has 0 heterocycles. The molecule has 21 heavy (non-hydrogen) atoms. The number of likely N-dealkylation sites (N-methyl/N-ethyl adjacent to an activating group) is 1. The number of benzene rings is 1. The lowest BCUT2D eigenvalue weighted by atomic mass is 9.90. The van der Waals surface area contributed by atoms with E-state index < -0.39 is 5.54 Å². The van der Waals surface area contributed by atoms with Crippen LogP contribution < -0.4 is 5.32 Å². The fourth-order valence-corrected chi connectivity index (χ4v) is 2.97. The number of hydrogen-bond acceptors (Lipinski definition) is 3. The van der Waals surface area contributed by atoms with Gasteiger partial charge in [-0.3, -0.25) is 5.32 Å². The minimum atomic E-state index is -0.607. The van der Waals surface area contributed by atoms with Crippen LogP contribution in [0.15, 0.2) is 30.3 Å². The van der Waals surface area contributed by atoms with Crippen molar-refractivity contribution in [3.63, 3.8) is 0 Å². The molecule has 0 spiro atoms. The number of nitrogens with zero attached hydrogens (tertiary/aromatic N) is 2. The summed E-state index contributed by atoms with van der Waals surface area (Å²) in [6, 6.07) is 12.7. The minimum absolute atomic E-state index is 0.607. The first-order chi connectivity index (χ1) is 10.1. The second kappa shape index (κ2) is 7.06. The smallest absolute Gasteiger partial charge is 0.145 e. The van der Waals surface area contributed by atoms with Crippen molar-refractivity contribution >= 4 is 0 Å². The quantitative estimate of drug-likeness (QED) is 0.798. The van der Waals surface area contributed by atoms with Crippen molar-refractivity contribution < 1.29 is 0 Å². The summed E-state index contributed by atoms with van der Waals surface area (Å²) in [4.78, 5) is 2.31.